The molecule has 0 bridgehead atoms. The molecule has 1 unspecified atom stereocenters. The molecule has 0 aromatic heterocycles. The highest BCUT2D eigenvalue weighted by molar-refractivity contribution is 6.29. The van der Waals surface area contributed by atoms with Crippen LogP contribution in [0.25, 0.3) is 0 Å². The molecule has 3 heteroatoms. The Bertz CT molecular complexity index is 277. The summed E-state index contributed by atoms with van der Waals surface area (Å²) in [6, 6.07) is 0.577. The van der Waals surface area contributed by atoms with Gasteiger partial charge < -0.3 is 5.32 Å². The molecule has 2 nitrogen and oxygen atoms in total. The van der Waals surface area contributed by atoms with E-state index in [1.807, 2.05) is 0 Å². The van der Waals surface area contributed by atoms with Gasteiger partial charge >= 0.3 is 0 Å². The van der Waals surface area contributed by atoms with Gasteiger partial charge in [0.15, 0.2) is 0 Å². The van der Waals surface area contributed by atoms with Crippen LogP contribution in [0, 0.1) is 0 Å². The van der Waals surface area contributed by atoms with E-state index in [0.717, 1.165) is 44.1 Å². The number of hydrogen-bond acceptors (Lipinski definition) is 2. The summed E-state index contributed by atoms with van der Waals surface area (Å²) in [5.41, 5.74) is 1.53. The van der Waals surface area contributed by atoms with E-state index in [1.54, 1.807) is 0 Å². The summed E-state index contributed by atoms with van der Waals surface area (Å²) in [7, 11) is 0. The first-order chi connectivity index (χ1) is 7.27. The van der Waals surface area contributed by atoms with Crippen LogP contribution in [0.2, 0.25) is 0 Å². The van der Waals surface area contributed by atoms with Crippen LogP contribution in [0.4, 0.5) is 0 Å². The molecule has 0 aromatic rings. The molecule has 0 spiro atoms. The second kappa shape index (κ2) is 5.15. The van der Waals surface area contributed by atoms with Crippen LogP contribution >= 0.6 is 11.6 Å². The zero-order valence-corrected chi connectivity index (χ0v) is 10.1. The molecule has 0 aromatic carbocycles. The molecule has 1 fully saturated rings. The van der Waals surface area contributed by atoms with E-state index in [9.17, 15) is 0 Å². The minimum absolute atomic E-state index is 0.577. The highest BCUT2D eigenvalue weighted by atomic mass is 35.5. The maximum Gasteiger partial charge on any atom is 0.0283 e. The largest absolute Gasteiger partial charge is 0.314 e. The van der Waals surface area contributed by atoms with Crippen molar-refractivity contribution in [2.75, 3.05) is 26.2 Å². The van der Waals surface area contributed by atoms with Crippen LogP contribution in [0.1, 0.15) is 19.8 Å². The molecule has 15 heavy (non-hydrogen) atoms. The van der Waals surface area contributed by atoms with Crippen molar-refractivity contribution in [3.05, 3.63) is 22.8 Å². The molecule has 1 atom stereocenters. The summed E-state index contributed by atoms with van der Waals surface area (Å²) in [4.78, 5) is 2.55. The maximum atomic E-state index is 5.97. The minimum Gasteiger partial charge on any atom is -0.314 e. The topological polar surface area (TPSA) is 15.3 Å². The van der Waals surface area contributed by atoms with Crippen molar-refractivity contribution in [3.8, 4) is 0 Å². The van der Waals surface area contributed by atoms with Crippen LogP contribution in [0.5, 0.6) is 0 Å². The standard InChI is InChI=1S/C12H19ClN2/c1-10(15-8-6-14-7-9-15)11-2-4-12(13)5-3-11/h2,4,10,14H,3,5-9H2,1H3. The van der Waals surface area contributed by atoms with Crippen LogP contribution in [0.15, 0.2) is 22.8 Å². The molecule has 0 saturated carbocycles. The average molecular weight is 227 g/mol. The Hall–Kier alpha value is -0.310. The van der Waals surface area contributed by atoms with Gasteiger partial charge in [0.2, 0.25) is 0 Å². The molecule has 0 radical (unpaired) electrons. The summed E-state index contributed by atoms with van der Waals surface area (Å²) in [5.74, 6) is 0. The molecule has 2 aliphatic rings. The minimum atomic E-state index is 0.577. The van der Waals surface area contributed by atoms with E-state index < -0.39 is 0 Å². The first kappa shape index (κ1) is 11.2. The summed E-state index contributed by atoms with van der Waals surface area (Å²) in [6.07, 6.45) is 6.40. The monoisotopic (exact) mass is 226 g/mol. The molecule has 0 amide bonds. The first-order valence-electron chi connectivity index (χ1n) is 5.77. The summed E-state index contributed by atoms with van der Waals surface area (Å²) >= 11 is 5.97. The molecule has 1 N–H and O–H groups in total. The molecule has 84 valence electrons. The van der Waals surface area contributed by atoms with Gasteiger partial charge in [0.25, 0.3) is 0 Å². The molecule has 2 rings (SSSR count). The van der Waals surface area contributed by atoms with Gasteiger partial charge in [-0.3, -0.25) is 4.90 Å². The summed E-state index contributed by atoms with van der Waals surface area (Å²) in [6.45, 7) is 6.87. The number of nitrogens with one attached hydrogen (secondary N) is 1. The number of hydrogen-bond donors (Lipinski definition) is 1. The third kappa shape index (κ3) is 2.83. The first-order valence-corrected chi connectivity index (χ1v) is 6.15. The smallest absolute Gasteiger partial charge is 0.0283 e. The Morgan fingerprint density at radius 3 is 2.60 bits per heavy atom. The number of halogens is 1. The van der Waals surface area contributed by atoms with Gasteiger partial charge in [-0.1, -0.05) is 23.3 Å². The fourth-order valence-electron chi connectivity index (χ4n) is 2.28. The van der Waals surface area contributed by atoms with E-state index in [1.165, 1.54) is 5.57 Å². The van der Waals surface area contributed by atoms with Gasteiger partial charge in [0.05, 0.1) is 0 Å². The van der Waals surface area contributed by atoms with Gasteiger partial charge in [-0.25, -0.2) is 0 Å². The molecular formula is C12H19ClN2. The van der Waals surface area contributed by atoms with Crippen molar-refractivity contribution < 1.29 is 0 Å². The normalized spacial score (nSPS) is 25.7. The third-order valence-electron chi connectivity index (χ3n) is 3.37. The molecule has 1 aliphatic heterocycles. The maximum absolute atomic E-state index is 5.97. The van der Waals surface area contributed by atoms with Crippen molar-refractivity contribution in [3.63, 3.8) is 0 Å². The summed E-state index contributed by atoms with van der Waals surface area (Å²) < 4.78 is 0. The third-order valence-corrected chi connectivity index (χ3v) is 3.68. The number of rotatable bonds is 2. The van der Waals surface area contributed by atoms with Crippen molar-refractivity contribution in [1.82, 2.24) is 10.2 Å². The highest BCUT2D eigenvalue weighted by Gasteiger charge is 2.20. The fraction of sp³-hybridized carbons (Fsp3) is 0.667. The number of nitrogens with zero attached hydrogens (tertiary/aromatic N) is 1. The van der Waals surface area contributed by atoms with E-state index >= 15 is 0 Å². The van der Waals surface area contributed by atoms with Gasteiger partial charge in [0.1, 0.15) is 0 Å². The van der Waals surface area contributed by atoms with E-state index in [2.05, 4.69) is 29.3 Å². The van der Waals surface area contributed by atoms with Crippen molar-refractivity contribution >= 4 is 11.6 Å². The zero-order chi connectivity index (χ0) is 10.7. The second-order valence-electron chi connectivity index (χ2n) is 4.32. The number of piperazine rings is 1. The Labute approximate surface area is 97.0 Å². The Kier molecular flexibility index (Phi) is 3.84. The lowest BCUT2D eigenvalue weighted by atomic mass is 9.97. The lowest BCUT2D eigenvalue weighted by Gasteiger charge is -2.34. The second-order valence-corrected chi connectivity index (χ2v) is 4.80. The number of allylic oxidation sites excluding steroid dienone is 3. The fourth-order valence-corrected chi connectivity index (χ4v) is 2.44. The van der Waals surface area contributed by atoms with E-state index in [0.29, 0.717) is 6.04 Å². The van der Waals surface area contributed by atoms with Crippen LogP contribution < -0.4 is 5.32 Å². The quantitative estimate of drug-likeness (QED) is 0.776. The lowest BCUT2D eigenvalue weighted by Crippen LogP contribution is -2.48. The predicted molar refractivity (Wildman–Crippen MR) is 65.2 cm³/mol. The Balaban J connectivity index is 1.97. The van der Waals surface area contributed by atoms with Crippen LogP contribution in [-0.4, -0.2) is 37.1 Å². The molecule has 1 heterocycles. The average Bonchev–Trinajstić information content (AvgIpc) is 2.30. The molecular weight excluding hydrogens is 208 g/mol. The van der Waals surface area contributed by atoms with Gasteiger partial charge in [-0.05, 0) is 25.8 Å². The highest BCUT2D eigenvalue weighted by Crippen LogP contribution is 2.25. The van der Waals surface area contributed by atoms with E-state index in [-0.39, 0.29) is 0 Å². The SMILES string of the molecule is CC(C1=CC=C(Cl)CC1)N1CCNCC1. The van der Waals surface area contributed by atoms with Crippen molar-refractivity contribution in [2.45, 2.75) is 25.8 Å². The lowest BCUT2D eigenvalue weighted by molar-refractivity contribution is 0.202. The zero-order valence-electron chi connectivity index (χ0n) is 9.30. The van der Waals surface area contributed by atoms with Crippen LogP contribution in [-0.2, 0) is 0 Å². The molecule has 1 saturated heterocycles. The van der Waals surface area contributed by atoms with Crippen molar-refractivity contribution in [1.29, 1.82) is 0 Å². The van der Waals surface area contributed by atoms with E-state index in [4.69, 9.17) is 11.6 Å². The van der Waals surface area contributed by atoms with Crippen molar-refractivity contribution in [2.24, 2.45) is 0 Å². The Morgan fingerprint density at radius 2 is 2.00 bits per heavy atom. The van der Waals surface area contributed by atoms with Gasteiger partial charge in [-0.15, -0.1) is 0 Å². The van der Waals surface area contributed by atoms with Gasteiger partial charge in [-0.2, -0.15) is 0 Å². The predicted octanol–water partition coefficient (Wildman–Crippen LogP) is 2.12. The summed E-state index contributed by atoms with van der Waals surface area (Å²) in [5, 5.41) is 4.38. The van der Waals surface area contributed by atoms with Crippen LogP contribution in [0.3, 0.4) is 0 Å². The molecule has 1 aliphatic carbocycles. The van der Waals surface area contributed by atoms with Gasteiger partial charge in [0, 0.05) is 37.3 Å². The Morgan fingerprint density at radius 1 is 1.27 bits per heavy atom.